The second-order valence-electron chi connectivity index (χ2n) is 6.06. The minimum absolute atomic E-state index is 0.0148. The first-order chi connectivity index (χ1) is 9.47. The average Bonchev–Trinajstić information content (AvgIpc) is 3.05. The fourth-order valence-corrected chi connectivity index (χ4v) is 4.80. The van der Waals surface area contributed by atoms with Gasteiger partial charge in [-0.15, -0.1) is 11.3 Å². The van der Waals surface area contributed by atoms with E-state index >= 15 is 0 Å². The smallest absolute Gasteiger partial charge is 0.338 e. The van der Waals surface area contributed by atoms with Gasteiger partial charge in [-0.2, -0.15) is 0 Å². The van der Waals surface area contributed by atoms with Gasteiger partial charge in [-0.1, -0.05) is 6.42 Å². The molecule has 3 atom stereocenters. The number of carboxylic acid groups (broad SMARTS) is 1. The minimum atomic E-state index is -0.963. The maximum Gasteiger partial charge on any atom is 0.338 e. The van der Waals surface area contributed by atoms with Crippen LogP contribution in [-0.2, 0) is 4.79 Å². The minimum Gasteiger partial charge on any atom is -0.478 e. The number of hydrogen-bond donors (Lipinski definition) is 2. The molecule has 0 saturated heterocycles. The number of hydrogen-bond acceptors (Lipinski definition) is 3. The maximum atomic E-state index is 12.4. The van der Waals surface area contributed by atoms with Crippen molar-refractivity contribution >= 4 is 28.2 Å². The van der Waals surface area contributed by atoms with Gasteiger partial charge in [-0.05, 0) is 50.5 Å². The molecule has 0 aliphatic heterocycles. The molecule has 1 heterocycles. The number of carboxylic acids is 1. The fourth-order valence-electron chi connectivity index (χ4n) is 3.74. The summed E-state index contributed by atoms with van der Waals surface area (Å²) in [5.41, 5.74) is 1.01. The zero-order valence-corrected chi connectivity index (χ0v) is 12.5. The summed E-state index contributed by atoms with van der Waals surface area (Å²) in [6, 6.07) is 0. The fraction of sp³-hybridized carbons (Fsp3) is 0.600. The molecule has 2 aliphatic rings. The highest BCUT2D eigenvalue weighted by Crippen LogP contribution is 2.48. The molecule has 2 bridgehead atoms. The summed E-state index contributed by atoms with van der Waals surface area (Å²) in [6.07, 6.45) is 4.55. The van der Waals surface area contributed by atoms with Crippen LogP contribution in [0, 0.1) is 31.6 Å². The van der Waals surface area contributed by atoms with Crippen molar-refractivity contribution in [2.45, 2.75) is 39.5 Å². The zero-order chi connectivity index (χ0) is 14.4. The summed E-state index contributed by atoms with van der Waals surface area (Å²) >= 11 is 1.36. The Morgan fingerprint density at radius 1 is 1.25 bits per heavy atom. The van der Waals surface area contributed by atoms with Crippen LogP contribution in [0.15, 0.2) is 0 Å². The molecule has 108 valence electrons. The first-order valence-electron chi connectivity index (χ1n) is 7.11. The van der Waals surface area contributed by atoms with Gasteiger partial charge >= 0.3 is 5.97 Å². The van der Waals surface area contributed by atoms with E-state index in [4.69, 9.17) is 0 Å². The summed E-state index contributed by atoms with van der Waals surface area (Å²) in [5.74, 6) is 0.353. The third-order valence-electron chi connectivity index (χ3n) is 4.91. The number of nitrogens with one attached hydrogen (secondary N) is 1. The molecule has 2 fully saturated rings. The maximum absolute atomic E-state index is 12.4. The van der Waals surface area contributed by atoms with Gasteiger partial charge in [0.25, 0.3) is 0 Å². The van der Waals surface area contributed by atoms with Crippen molar-refractivity contribution in [3.63, 3.8) is 0 Å². The standard InChI is InChI=1S/C15H19NO3S/c1-7-8(2)20-14(12(7)15(18)19)16-13(17)11-6-9-3-4-10(11)5-9/h9-11H,3-6H2,1-2H3,(H,16,17)(H,18,19). The lowest BCUT2D eigenvalue weighted by Crippen LogP contribution is -2.27. The van der Waals surface area contributed by atoms with E-state index in [9.17, 15) is 14.7 Å². The van der Waals surface area contributed by atoms with Gasteiger partial charge in [0.15, 0.2) is 0 Å². The number of rotatable bonds is 3. The van der Waals surface area contributed by atoms with Crippen LogP contribution < -0.4 is 5.32 Å². The lowest BCUT2D eigenvalue weighted by atomic mass is 9.88. The van der Waals surface area contributed by atoms with E-state index in [-0.39, 0.29) is 17.4 Å². The molecule has 3 unspecified atom stereocenters. The molecule has 1 aromatic rings. The van der Waals surface area contributed by atoms with Gasteiger partial charge < -0.3 is 10.4 Å². The molecule has 4 nitrogen and oxygen atoms in total. The van der Waals surface area contributed by atoms with Crippen LogP contribution in [0.4, 0.5) is 5.00 Å². The van der Waals surface area contributed by atoms with Gasteiger partial charge in [0.2, 0.25) is 5.91 Å². The summed E-state index contributed by atoms with van der Waals surface area (Å²) in [6.45, 7) is 3.68. The molecule has 0 aromatic carbocycles. The molecule has 2 saturated carbocycles. The van der Waals surface area contributed by atoms with Crippen LogP contribution in [0.1, 0.15) is 46.5 Å². The summed E-state index contributed by atoms with van der Waals surface area (Å²) in [4.78, 5) is 24.7. The SMILES string of the molecule is Cc1sc(NC(=O)C2CC3CCC2C3)c(C(=O)O)c1C. The van der Waals surface area contributed by atoms with Crippen molar-refractivity contribution in [2.24, 2.45) is 17.8 Å². The van der Waals surface area contributed by atoms with E-state index in [1.807, 2.05) is 6.92 Å². The molecule has 0 radical (unpaired) electrons. The van der Waals surface area contributed by atoms with Crippen LogP contribution in [0.5, 0.6) is 0 Å². The Morgan fingerprint density at radius 2 is 2.00 bits per heavy atom. The number of amides is 1. The molecule has 5 heteroatoms. The highest BCUT2D eigenvalue weighted by atomic mass is 32.1. The van der Waals surface area contributed by atoms with Crippen molar-refractivity contribution in [3.8, 4) is 0 Å². The largest absolute Gasteiger partial charge is 0.478 e. The highest BCUT2D eigenvalue weighted by molar-refractivity contribution is 7.16. The number of fused-ring (bicyclic) bond motifs is 2. The van der Waals surface area contributed by atoms with Gasteiger partial charge in [-0.25, -0.2) is 4.79 Å². The van der Waals surface area contributed by atoms with E-state index < -0.39 is 5.97 Å². The Kier molecular flexibility index (Phi) is 3.32. The number of carbonyl (C=O) groups is 2. The number of aryl methyl sites for hydroxylation is 1. The van der Waals surface area contributed by atoms with Crippen molar-refractivity contribution in [2.75, 3.05) is 5.32 Å². The van der Waals surface area contributed by atoms with Crippen molar-refractivity contribution in [1.82, 2.24) is 0 Å². The van der Waals surface area contributed by atoms with Crippen molar-refractivity contribution in [1.29, 1.82) is 0 Å². The number of carbonyl (C=O) groups excluding carboxylic acids is 1. The molecular formula is C15H19NO3S. The van der Waals surface area contributed by atoms with Crippen LogP contribution in [-0.4, -0.2) is 17.0 Å². The number of thiophene rings is 1. The van der Waals surface area contributed by atoms with Crippen LogP contribution in [0.2, 0.25) is 0 Å². The third-order valence-corrected chi connectivity index (χ3v) is 6.03. The quantitative estimate of drug-likeness (QED) is 0.897. The van der Waals surface area contributed by atoms with Gasteiger partial charge in [-0.3, -0.25) is 4.79 Å². The normalized spacial score (nSPS) is 27.8. The van der Waals surface area contributed by atoms with E-state index in [0.29, 0.717) is 16.8 Å². The Balaban J connectivity index is 1.79. The molecule has 2 aliphatic carbocycles. The Morgan fingerprint density at radius 3 is 2.55 bits per heavy atom. The zero-order valence-electron chi connectivity index (χ0n) is 11.7. The molecule has 1 amide bonds. The molecule has 20 heavy (non-hydrogen) atoms. The van der Waals surface area contributed by atoms with E-state index in [0.717, 1.165) is 23.3 Å². The van der Waals surface area contributed by atoms with E-state index in [2.05, 4.69) is 5.32 Å². The Bertz CT molecular complexity index is 578. The molecule has 3 rings (SSSR count). The molecular weight excluding hydrogens is 274 g/mol. The van der Waals surface area contributed by atoms with Gasteiger partial charge in [0.05, 0.1) is 5.56 Å². The molecule has 1 aromatic heterocycles. The van der Waals surface area contributed by atoms with Gasteiger partial charge in [0.1, 0.15) is 5.00 Å². The number of anilines is 1. The Labute approximate surface area is 122 Å². The second-order valence-corrected chi connectivity index (χ2v) is 7.29. The summed E-state index contributed by atoms with van der Waals surface area (Å²) < 4.78 is 0. The van der Waals surface area contributed by atoms with Crippen LogP contribution in [0.3, 0.4) is 0 Å². The summed E-state index contributed by atoms with van der Waals surface area (Å²) in [7, 11) is 0. The van der Waals surface area contributed by atoms with Crippen LogP contribution >= 0.6 is 11.3 Å². The third kappa shape index (κ3) is 2.14. The lowest BCUT2D eigenvalue weighted by molar-refractivity contribution is -0.121. The molecule has 0 spiro atoms. The number of aromatic carboxylic acids is 1. The van der Waals surface area contributed by atoms with Crippen molar-refractivity contribution < 1.29 is 14.7 Å². The van der Waals surface area contributed by atoms with Crippen LogP contribution in [0.25, 0.3) is 0 Å². The monoisotopic (exact) mass is 293 g/mol. The van der Waals surface area contributed by atoms with E-state index in [1.54, 1.807) is 6.92 Å². The average molecular weight is 293 g/mol. The van der Waals surface area contributed by atoms with Gasteiger partial charge in [0, 0.05) is 10.8 Å². The predicted molar refractivity (Wildman–Crippen MR) is 78.3 cm³/mol. The predicted octanol–water partition coefficient (Wildman–Crippen LogP) is 3.44. The second kappa shape index (κ2) is 4.88. The first kappa shape index (κ1) is 13.6. The summed E-state index contributed by atoms with van der Waals surface area (Å²) in [5, 5.41) is 12.7. The highest BCUT2D eigenvalue weighted by Gasteiger charge is 2.43. The molecule has 2 N–H and O–H groups in total. The van der Waals surface area contributed by atoms with Crippen molar-refractivity contribution in [3.05, 3.63) is 16.0 Å². The first-order valence-corrected chi connectivity index (χ1v) is 7.93. The Hall–Kier alpha value is -1.36. The van der Waals surface area contributed by atoms with E-state index in [1.165, 1.54) is 24.2 Å². The topological polar surface area (TPSA) is 66.4 Å². The lowest BCUT2D eigenvalue weighted by Gasteiger charge is -2.20.